The molecule has 1 aliphatic heterocycles. The largest absolute Gasteiger partial charge is 0.475 e. The minimum absolute atomic E-state index is 0.00934. The van der Waals surface area contributed by atoms with Crippen molar-refractivity contribution < 1.29 is 22.6 Å². The second kappa shape index (κ2) is 10.2. The fourth-order valence-corrected chi connectivity index (χ4v) is 3.46. The van der Waals surface area contributed by atoms with Gasteiger partial charge in [-0.25, -0.2) is 4.99 Å². The number of nitrogens with zero attached hydrogens (tertiary/aromatic N) is 7. The van der Waals surface area contributed by atoms with Gasteiger partial charge in [0.25, 0.3) is 5.88 Å². The molecular weight excluding hydrogens is 465 g/mol. The van der Waals surface area contributed by atoms with E-state index in [1.54, 1.807) is 13.0 Å². The van der Waals surface area contributed by atoms with E-state index in [-0.39, 0.29) is 11.4 Å². The van der Waals surface area contributed by atoms with Crippen molar-refractivity contribution >= 4 is 17.2 Å². The molecule has 4 heterocycles. The summed E-state index contributed by atoms with van der Waals surface area (Å²) in [6, 6.07) is 4.36. The van der Waals surface area contributed by atoms with Crippen LogP contribution in [0.15, 0.2) is 35.6 Å². The molecule has 0 aromatic carbocycles. The minimum Gasteiger partial charge on any atom is -0.475 e. The highest BCUT2D eigenvalue weighted by Crippen LogP contribution is 2.33. The number of aliphatic imine (C=N–C) groups is 1. The van der Waals surface area contributed by atoms with Crippen LogP contribution >= 0.6 is 0 Å². The third-order valence-corrected chi connectivity index (χ3v) is 5.21. The monoisotopic (exact) mass is 488 g/mol. The normalized spacial score (nSPS) is 14.8. The van der Waals surface area contributed by atoms with E-state index < -0.39 is 11.9 Å². The zero-order chi connectivity index (χ0) is 25.0. The maximum Gasteiger partial charge on any atom is 0.435 e. The third-order valence-electron chi connectivity index (χ3n) is 5.21. The van der Waals surface area contributed by atoms with Gasteiger partial charge in [-0.1, -0.05) is 0 Å². The number of rotatable bonds is 6. The molecule has 1 aliphatic rings. The first-order chi connectivity index (χ1) is 16.8. The minimum atomic E-state index is -4.65. The lowest BCUT2D eigenvalue weighted by atomic mass is 10.1. The van der Waals surface area contributed by atoms with Crippen molar-refractivity contribution in [2.24, 2.45) is 10.7 Å². The van der Waals surface area contributed by atoms with Crippen LogP contribution in [0.3, 0.4) is 0 Å². The molecule has 35 heavy (non-hydrogen) atoms. The van der Waals surface area contributed by atoms with Gasteiger partial charge >= 0.3 is 6.18 Å². The van der Waals surface area contributed by atoms with Crippen molar-refractivity contribution in [1.29, 1.82) is 0 Å². The van der Waals surface area contributed by atoms with Crippen LogP contribution in [0, 0.1) is 6.92 Å². The van der Waals surface area contributed by atoms with Gasteiger partial charge in [-0.05, 0) is 32.0 Å². The molecule has 0 spiro atoms. The predicted molar refractivity (Wildman–Crippen MR) is 122 cm³/mol. The van der Waals surface area contributed by atoms with E-state index >= 15 is 0 Å². The number of hydrogen-bond acceptors (Lipinski definition) is 9. The first kappa shape index (κ1) is 24.3. The molecule has 0 saturated carbocycles. The Morgan fingerprint density at radius 1 is 1.14 bits per heavy atom. The van der Waals surface area contributed by atoms with Crippen molar-refractivity contribution in [2.75, 3.05) is 37.8 Å². The van der Waals surface area contributed by atoms with Crippen molar-refractivity contribution in [1.82, 2.24) is 25.4 Å². The van der Waals surface area contributed by atoms with Crippen LogP contribution in [0.25, 0.3) is 11.3 Å². The van der Waals surface area contributed by atoms with Gasteiger partial charge in [-0.3, -0.25) is 4.98 Å². The smallest absolute Gasteiger partial charge is 0.435 e. The molecule has 184 valence electrons. The lowest BCUT2D eigenvalue weighted by molar-refractivity contribution is -0.141. The highest BCUT2D eigenvalue weighted by Gasteiger charge is 2.33. The fraction of sp³-hybridized carbons (Fsp3) is 0.364. The number of halogens is 3. The summed E-state index contributed by atoms with van der Waals surface area (Å²) >= 11 is 0. The molecule has 0 amide bonds. The number of anilines is 1. The number of aryl methyl sites for hydroxylation is 1. The quantitative estimate of drug-likeness (QED) is 0.412. The zero-order valence-corrected chi connectivity index (χ0v) is 19.1. The molecule has 0 aliphatic carbocycles. The Labute approximate surface area is 199 Å². The Morgan fingerprint density at radius 3 is 2.63 bits per heavy atom. The summed E-state index contributed by atoms with van der Waals surface area (Å²) < 4.78 is 50.0. The lowest BCUT2D eigenvalue weighted by Crippen LogP contribution is -2.36. The number of amidine groups is 1. The van der Waals surface area contributed by atoms with E-state index in [2.05, 4.69) is 35.3 Å². The maximum absolute atomic E-state index is 13.0. The molecule has 1 fully saturated rings. The topological polar surface area (TPSA) is 125 Å². The fourth-order valence-electron chi connectivity index (χ4n) is 3.46. The molecule has 10 nitrogen and oxygen atoms in total. The zero-order valence-electron chi connectivity index (χ0n) is 19.1. The number of aromatic nitrogens is 5. The molecule has 0 radical (unpaired) electrons. The Hall–Kier alpha value is -3.87. The number of ether oxygens (including phenoxy) is 2. The maximum atomic E-state index is 13.0. The van der Waals surface area contributed by atoms with Crippen LogP contribution in [0.2, 0.25) is 0 Å². The number of morpholine rings is 1. The number of nitrogens with two attached hydrogens (primary N) is 1. The second-order valence-electron chi connectivity index (χ2n) is 7.60. The summed E-state index contributed by atoms with van der Waals surface area (Å²) in [5, 5.41) is 15.0. The van der Waals surface area contributed by atoms with E-state index in [1.165, 1.54) is 6.20 Å². The molecule has 1 saturated heterocycles. The van der Waals surface area contributed by atoms with Crippen molar-refractivity contribution in [3.63, 3.8) is 0 Å². The third kappa shape index (κ3) is 5.62. The van der Waals surface area contributed by atoms with Gasteiger partial charge in [0.2, 0.25) is 0 Å². The highest BCUT2D eigenvalue weighted by molar-refractivity contribution is 5.99. The van der Waals surface area contributed by atoms with Gasteiger partial charge in [0, 0.05) is 29.9 Å². The Morgan fingerprint density at radius 2 is 1.91 bits per heavy atom. The average molecular weight is 488 g/mol. The molecule has 4 rings (SSSR count). The molecule has 2 N–H and O–H groups in total. The first-order valence-electron chi connectivity index (χ1n) is 10.8. The number of alkyl halides is 3. The molecule has 13 heteroatoms. The van der Waals surface area contributed by atoms with Gasteiger partial charge in [-0.2, -0.15) is 18.3 Å². The van der Waals surface area contributed by atoms with Crippen LogP contribution in [-0.2, 0) is 10.9 Å². The number of pyridine rings is 1. The molecule has 0 atom stereocenters. The number of hydrogen-bond donors (Lipinski definition) is 1. The molecule has 0 unspecified atom stereocenters. The van der Waals surface area contributed by atoms with E-state index in [0.717, 1.165) is 18.0 Å². The van der Waals surface area contributed by atoms with E-state index in [9.17, 15) is 13.2 Å². The summed E-state index contributed by atoms with van der Waals surface area (Å²) in [4.78, 5) is 10.7. The Balaban J connectivity index is 1.69. The highest BCUT2D eigenvalue weighted by atomic mass is 19.4. The van der Waals surface area contributed by atoms with Crippen LogP contribution < -0.4 is 15.4 Å². The van der Waals surface area contributed by atoms with Crippen LogP contribution in [-0.4, -0.2) is 64.1 Å². The standard InChI is InChI=1S/C22H23F3N8O2/c1-3-35-21-18(33-4-6-34-7-5-33)10-17(30-32-21)16-9-15(12-27-13(16)2)29-20(26)14-8-19(22(23,24)25)31-28-11-14/h8-12H,3-7H2,1-2H3,(H2,26,29). The van der Waals surface area contributed by atoms with Gasteiger partial charge < -0.3 is 20.1 Å². The summed E-state index contributed by atoms with van der Waals surface area (Å²) in [6.45, 7) is 6.66. The summed E-state index contributed by atoms with van der Waals surface area (Å²) in [5.74, 6) is 0.265. The molecular formula is C22H23F3N8O2. The van der Waals surface area contributed by atoms with Gasteiger partial charge in [0.1, 0.15) is 11.5 Å². The second-order valence-corrected chi connectivity index (χ2v) is 7.60. The Bertz CT molecular complexity index is 1230. The van der Waals surface area contributed by atoms with Crippen molar-refractivity contribution in [2.45, 2.75) is 20.0 Å². The summed E-state index contributed by atoms with van der Waals surface area (Å²) in [6.07, 6.45) is -2.06. The van der Waals surface area contributed by atoms with Crippen molar-refractivity contribution in [3.05, 3.63) is 47.5 Å². The predicted octanol–water partition coefficient (Wildman–Crippen LogP) is 2.93. The van der Waals surface area contributed by atoms with E-state index in [0.29, 0.717) is 61.4 Å². The van der Waals surface area contributed by atoms with Crippen LogP contribution in [0.1, 0.15) is 23.9 Å². The average Bonchev–Trinajstić information content (AvgIpc) is 2.86. The van der Waals surface area contributed by atoms with Gasteiger partial charge in [-0.15, -0.1) is 15.3 Å². The summed E-state index contributed by atoms with van der Waals surface area (Å²) in [5.41, 5.74) is 7.77. The van der Waals surface area contributed by atoms with E-state index in [4.69, 9.17) is 15.2 Å². The van der Waals surface area contributed by atoms with Crippen molar-refractivity contribution in [3.8, 4) is 17.1 Å². The molecule has 3 aromatic heterocycles. The van der Waals surface area contributed by atoms with Gasteiger partial charge in [0.15, 0.2) is 5.69 Å². The first-order valence-corrected chi connectivity index (χ1v) is 10.8. The van der Waals surface area contributed by atoms with Crippen LogP contribution in [0.5, 0.6) is 5.88 Å². The van der Waals surface area contributed by atoms with E-state index in [1.807, 2.05) is 13.0 Å². The van der Waals surface area contributed by atoms with Gasteiger partial charge in [0.05, 0.1) is 43.6 Å². The SMILES string of the molecule is CCOc1nnc(-c2cc(N=C(N)c3cnnc(C(F)(F)F)c3)cnc2C)cc1N1CCOCC1. The van der Waals surface area contributed by atoms with Crippen LogP contribution in [0.4, 0.5) is 24.5 Å². The Kier molecular flexibility index (Phi) is 7.05. The molecule has 0 bridgehead atoms. The molecule has 3 aromatic rings. The lowest BCUT2D eigenvalue weighted by Gasteiger charge is -2.29. The summed E-state index contributed by atoms with van der Waals surface area (Å²) in [7, 11) is 0.